The van der Waals surface area contributed by atoms with E-state index in [-0.39, 0.29) is 11.8 Å². The van der Waals surface area contributed by atoms with E-state index >= 15 is 0 Å². The molecule has 2 aromatic carbocycles. The van der Waals surface area contributed by atoms with E-state index in [9.17, 15) is 9.59 Å². The van der Waals surface area contributed by atoms with Crippen LogP contribution in [-0.4, -0.2) is 28.5 Å². The quantitative estimate of drug-likeness (QED) is 0.597. The molecule has 1 aromatic heterocycles. The summed E-state index contributed by atoms with van der Waals surface area (Å²) in [5.74, 6) is 0.117. The summed E-state index contributed by atoms with van der Waals surface area (Å²) in [6.07, 6.45) is 0.879. The molecule has 4 rings (SSSR count). The fourth-order valence-corrected chi connectivity index (χ4v) is 4.50. The summed E-state index contributed by atoms with van der Waals surface area (Å²) in [4.78, 5) is 29.0. The summed E-state index contributed by atoms with van der Waals surface area (Å²) in [5, 5.41) is 4.62. The molecule has 0 spiro atoms. The minimum absolute atomic E-state index is 0.163. The number of amides is 2. The van der Waals surface area contributed by atoms with Crippen LogP contribution < -0.4 is 10.2 Å². The van der Waals surface area contributed by atoms with Gasteiger partial charge in [-0.05, 0) is 56.0 Å². The maximum absolute atomic E-state index is 13.8. The number of aromatic nitrogens is 1. The lowest BCUT2D eigenvalue weighted by Gasteiger charge is -2.44. The van der Waals surface area contributed by atoms with E-state index in [2.05, 4.69) is 19.2 Å². The molecular formula is C25H28ClN3O2. The summed E-state index contributed by atoms with van der Waals surface area (Å²) < 4.78 is 1.97. The Labute approximate surface area is 188 Å². The van der Waals surface area contributed by atoms with Crippen molar-refractivity contribution < 1.29 is 9.59 Å². The van der Waals surface area contributed by atoms with E-state index < -0.39 is 5.54 Å². The summed E-state index contributed by atoms with van der Waals surface area (Å²) in [7, 11) is 0. The average Bonchev–Trinajstić information content (AvgIpc) is 3.09. The third kappa shape index (κ3) is 3.61. The molecule has 162 valence electrons. The van der Waals surface area contributed by atoms with Gasteiger partial charge in [0.05, 0.1) is 6.54 Å². The molecule has 3 aromatic rings. The van der Waals surface area contributed by atoms with Crippen molar-refractivity contribution in [3.63, 3.8) is 0 Å². The normalized spacial score (nSPS) is 18.5. The number of fused-ring (bicyclic) bond motifs is 3. The zero-order valence-corrected chi connectivity index (χ0v) is 19.2. The first-order valence-electron chi connectivity index (χ1n) is 10.7. The molecule has 0 saturated heterocycles. The molecule has 1 N–H and O–H groups in total. The van der Waals surface area contributed by atoms with Gasteiger partial charge in [-0.3, -0.25) is 14.5 Å². The standard InChI is InChI=1S/C25H28ClN3O2/c1-16(2)12-13-27-24(31)25(4)15-28-21-10-6-5-8-18(21)14-22(28)23(30)29(25)20-11-7-9-19(26)17(20)3/h5-11,14,16H,12-13,15H2,1-4H3,(H,27,31)/t25-/m1/s1. The highest BCUT2D eigenvalue weighted by atomic mass is 35.5. The minimum atomic E-state index is -1.10. The van der Waals surface area contributed by atoms with E-state index in [0.29, 0.717) is 35.4 Å². The van der Waals surface area contributed by atoms with Crippen molar-refractivity contribution in [1.29, 1.82) is 0 Å². The van der Waals surface area contributed by atoms with Crippen LogP contribution in [0.1, 0.15) is 43.2 Å². The lowest BCUT2D eigenvalue weighted by molar-refractivity contribution is -0.126. The highest BCUT2D eigenvalue weighted by Crippen LogP contribution is 2.38. The maximum atomic E-state index is 13.8. The van der Waals surface area contributed by atoms with Crippen LogP contribution in [0.15, 0.2) is 48.5 Å². The van der Waals surface area contributed by atoms with Crippen molar-refractivity contribution >= 4 is 40.0 Å². The molecule has 5 nitrogen and oxygen atoms in total. The number of benzene rings is 2. The third-order valence-corrected chi connectivity index (χ3v) is 6.58. The average molecular weight is 438 g/mol. The SMILES string of the molecule is Cc1c(Cl)cccc1N1C(=O)c2cc3ccccc3n2C[C@]1(C)C(=O)NCCC(C)C. The molecule has 6 heteroatoms. The van der Waals surface area contributed by atoms with Crippen LogP contribution in [0.25, 0.3) is 10.9 Å². The fraction of sp³-hybridized carbons (Fsp3) is 0.360. The largest absolute Gasteiger partial charge is 0.354 e. The Kier molecular flexibility index (Phi) is 5.56. The van der Waals surface area contributed by atoms with Crippen LogP contribution in [0.5, 0.6) is 0 Å². The first-order chi connectivity index (χ1) is 14.7. The van der Waals surface area contributed by atoms with Crippen LogP contribution >= 0.6 is 11.6 Å². The molecule has 0 saturated carbocycles. The number of nitrogens with one attached hydrogen (secondary N) is 1. The molecule has 1 atom stereocenters. The molecule has 1 aliphatic rings. The summed E-state index contributed by atoms with van der Waals surface area (Å²) in [6, 6.07) is 15.3. The molecule has 0 radical (unpaired) electrons. The first-order valence-corrected chi connectivity index (χ1v) is 11.1. The second-order valence-corrected chi connectivity index (χ2v) is 9.32. The molecule has 2 amide bonds. The monoisotopic (exact) mass is 437 g/mol. The van der Waals surface area contributed by atoms with Gasteiger partial charge in [0.15, 0.2) is 0 Å². The number of hydrogen-bond donors (Lipinski definition) is 1. The second-order valence-electron chi connectivity index (χ2n) is 8.91. The van der Waals surface area contributed by atoms with Crippen molar-refractivity contribution in [2.24, 2.45) is 5.92 Å². The van der Waals surface area contributed by atoms with Crippen LogP contribution in [0.3, 0.4) is 0 Å². The zero-order valence-electron chi connectivity index (χ0n) is 18.4. The van der Waals surface area contributed by atoms with Gasteiger partial charge >= 0.3 is 0 Å². The van der Waals surface area contributed by atoms with Crippen LogP contribution in [0.4, 0.5) is 5.69 Å². The van der Waals surface area contributed by atoms with Gasteiger partial charge < -0.3 is 9.88 Å². The van der Waals surface area contributed by atoms with Gasteiger partial charge in [-0.2, -0.15) is 0 Å². The zero-order chi connectivity index (χ0) is 22.3. The van der Waals surface area contributed by atoms with Gasteiger partial charge in [0.2, 0.25) is 5.91 Å². The highest BCUT2D eigenvalue weighted by molar-refractivity contribution is 6.32. The van der Waals surface area contributed by atoms with Gasteiger partial charge in [0.1, 0.15) is 11.2 Å². The fourth-order valence-electron chi connectivity index (χ4n) is 4.33. The Morgan fingerprint density at radius 2 is 1.94 bits per heavy atom. The number of para-hydroxylation sites is 1. The Hall–Kier alpha value is -2.79. The topological polar surface area (TPSA) is 54.3 Å². The molecule has 1 aliphatic heterocycles. The Bertz CT molecular complexity index is 1170. The summed E-state index contributed by atoms with van der Waals surface area (Å²) in [5.41, 5.74) is 1.87. The van der Waals surface area contributed by atoms with Gasteiger partial charge in [-0.15, -0.1) is 0 Å². The van der Waals surface area contributed by atoms with E-state index in [0.717, 1.165) is 22.9 Å². The first kappa shape index (κ1) is 21.4. The highest BCUT2D eigenvalue weighted by Gasteiger charge is 2.49. The van der Waals surface area contributed by atoms with E-state index in [1.165, 1.54) is 0 Å². The third-order valence-electron chi connectivity index (χ3n) is 6.17. The van der Waals surface area contributed by atoms with Crippen molar-refractivity contribution in [3.05, 3.63) is 64.8 Å². The van der Waals surface area contributed by atoms with Crippen LogP contribution in [0, 0.1) is 12.8 Å². The van der Waals surface area contributed by atoms with Gasteiger partial charge in [-0.1, -0.05) is 49.7 Å². The number of rotatable bonds is 5. The van der Waals surface area contributed by atoms with Crippen molar-refractivity contribution in [2.75, 3.05) is 11.4 Å². The molecular weight excluding hydrogens is 410 g/mol. The Morgan fingerprint density at radius 1 is 1.19 bits per heavy atom. The van der Waals surface area contributed by atoms with Gasteiger partial charge in [-0.25, -0.2) is 0 Å². The summed E-state index contributed by atoms with van der Waals surface area (Å²) >= 11 is 6.39. The van der Waals surface area contributed by atoms with Gasteiger partial charge in [0.25, 0.3) is 5.91 Å². The smallest absolute Gasteiger partial charge is 0.275 e. The van der Waals surface area contributed by atoms with Gasteiger partial charge in [0, 0.05) is 28.2 Å². The summed E-state index contributed by atoms with van der Waals surface area (Å²) in [6.45, 7) is 8.90. The number of carbonyl (C=O) groups excluding carboxylic acids is 2. The van der Waals surface area contributed by atoms with Crippen LogP contribution in [-0.2, 0) is 11.3 Å². The minimum Gasteiger partial charge on any atom is -0.354 e. The molecule has 31 heavy (non-hydrogen) atoms. The van der Waals surface area contributed by atoms with Crippen molar-refractivity contribution in [2.45, 2.75) is 46.2 Å². The van der Waals surface area contributed by atoms with E-state index in [1.54, 1.807) is 11.0 Å². The lowest BCUT2D eigenvalue weighted by Crippen LogP contribution is -2.64. The Morgan fingerprint density at radius 3 is 2.68 bits per heavy atom. The van der Waals surface area contributed by atoms with Crippen molar-refractivity contribution in [1.82, 2.24) is 9.88 Å². The molecule has 0 aliphatic carbocycles. The molecule has 0 fully saturated rings. The second kappa shape index (κ2) is 8.04. The molecule has 2 heterocycles. The van der Waals surface area contributed by atoms with E-state index in [4.69, 9.17) is 11.6 Å². The Balaban J connectivity index is 1.85. The number of hydrogen-bond acceptors (Lipinski definition) is 2. The van der Waals surface area contributed by atoms with Crippen LogP contribution in [0.2, 0.25) is 5.02 Å². The van der Waals surface area contributed by atoms with Crippen molar-refractivity contribution in [3.8, 4) is 0 Å². The molecule has 0 bridgehead atoms. The maximum Gasteiger partial charge on any atom is 0.275 e. The predicted octanol–water partition coefficient (Wildman–Crippen LogP) is 5.18. The molecule has 0 unspecified atom stereocenters. The number of nitrogens with zero attached hydrogens (tertiary/aromatic N) is 2. The predicted molar refractivity (Wildman–Crippen MR) is 126 cm³/mol. The lowest BCUT2D eigenvalue weighted by atomic mass is 9.92. The number of carbonyl (C=O) groups is 2. The van der Waals surface area contributed by atoms with E-state index in [1.807, 2.05) is 60.9 Å². The number of anilines is 1. The number of halogens is 1.